The van der Waals surface area contributed by atoms with Crippen LogP contribution in [0.3, 0.4) is 0 Å². The van der Waals surface area contributed by atoms with Gasteiger partial charge in [0.2, 0.25) is 0 Å². The normalized spacial score (nSPS) is 11.4. The second kappa shape index (κ2) is 6.35. The third-order valence-corrected chi connectivity index (χ3v) is 2.32. The van der Waals surface area contributed by atoms with Crippen molar-refractivity contribution in [2.45, 2.75) is 19.4 Å². The molecule has 0 aliphatic rings. The number of phenolic OH excluding ortho intramolecular Hbond substituents is 1. The van der Waals surface area contributed by atoms with Gasteiger partial charge in [0.05, 0.1) is 7.11 Å². The number of esters is 1. The van der Waals surface area contributed by atoms with E-state index in [2.05, 4.69) is 4.74 Å². The van der Waals surface area contributed by atoms with Gasteiger partial charge < -0.3 is 15.6 Å². The first-order valence-electron chi connectivity index (χ1n) is 4.76. The van der Waals surface area contributed by atoms with E-state index in [1.54, 1.807) is 18.2 Å². The Morgan fingerprint density at radius 2 is 2.19 bits per heavy atom. The van der Waals surface area contributed by atoms with Crippen molar-refractivity contribution in [3.63, 3.8) is 0 Å². The van der Waals surface area contributed by atoms with Crippen molar-refractivity contribution in [3.8, 4) is 5.75 Å². The lowest BCUT2D eigenvalue weighted by molar-refractivity contribution is -0.142. The van der Waals surface area contributed by atoms with Crippen molar-refractivity contribution in [3.05, 3.63) is 29.3 Å². The smallest absolute Gasteiger partial charge is 0.327 e. The van der Waals surface area contributed by atoms with E-state index in [9.17, 15) is 9.90 Å². The van der Waals surface area contributed by atoms with E-state index in [-0.39, 0.29) is 18.2 Å². The predicted octanol–water partition coefficient (Wildman–Crippen LogP) is 1.55. The highest BCUT2D eigenvalue weighted by atomic mass is 35.5. The van der Waals surface area contributed by atoms with E-state index < -0.39 is 12.0 Å². The number of hydrogen-bond donors (Lipinski definition) is 2. The van der Waals surface area contributed by atoms with Crippen LogP contribution in [0.2, 0.25) is 0 Å². The minimum atomic E-state index is -0.929. The number of benzene rings is 1. The number of hydrogen-bond acceptors (Lipinski definition) is 4. The fourth-order valence-electron chi connectivity index (χ4n) is 1.40. The van der Waals surface area contributed by atoms with Crippen molar-refractivity contribution in [2.24, 2.45) is 5.73 Å². The van der Waals surface area contributed by atoms with Crippen LogP contribution in [0.1, 0.15) is 24.1 Å². The maximum Gasteiger partial charge on any atom is 0.327 e. The zero-order valence-corrected chi connectivity index (χ0v) is 10.1. The summed E-state index contributed by atoms with van der Waals surface area (Å²) in [6, 6.07) is 4.25. The SMILES string of the molecule is CCc1cccc([C@@H](N)C(=O)OC)c1O.Cl. The van der Waals surface area contributed by atoms with Gasteiger partial charge in [-0.15, -0.1) is 12.4 Å². The summed E-state index contributed by atoms with van der Waals surface area (Å²) < 4.78 is 4.52. The molecule has 0 saturated carbocycles. The first kappa shape index (κ1) is 14.7. The average molecular weight is 246 g/mol. The third-order valence-electron chi connectivity index (χ3n) is 2.32. The number of carbonyl (C=O) groups is 1. The molecule has 0 aliphatic heterocycles. The molecule has 0 aliphatic carbocycles. The van der Waals surface area contributed by atoms with Crippen LogP contribution >= 0.6 is 12.4 Å². The molecule has 16 heavy (non-hydrogen) atoms. The highest BCUT2D eigenvalue weighted by Gasteiger charge is 2.20. The summed E-state index contributed by atoms with van der Waals surface area (Å²) in [5.74, 6) is -0.476. The Balaban J connectivity index is 0.00000225. The number of carbonyl (C=O) groups excluding carboxylic acids is 1. The van der Waals surface area contributed by atoms with Crippen molar-refractivity contribution in [1.29, 1.82) is 0 Å². The number of para-hydroxylation sites is 1. The number of ether oxygens (including phenoxy) is 1. The zero-order chi connectivity index (χ0) is 11.4. The fourth-order valence-corrected chi connectivity index (χ4v) is 1.40. The Hall–Kier alpha value is -1.26. The van der Waals surface area contributed by atoms with E-state index in [0.29, 0.717) is 12.0 Å². The van der Waals surface area contributed by atoms with Gasteiger partial charge in [-0.05, 0) is 12.0 Å². The number of nitrogens with two attached hydrogens (primary N) is 1. The molecule has 5 heteroatoms. The lowest BCUT2D eigenvalue weighted by atomic mass is 10.0. The van der Waals surface area contributed by atoms with E-state index >= 15 is 0 Å². The molecule has 0 spiro atoms. The van der Waals surface area contributed by atoms with Gasteiger partial charge in [-0.1, -0.05) is 25.1 Å². The van der Waals surface area contributed by atoms with Crippen LogP contribution in [0.5, 0.6) is 5.75 Å². The highest BCUT2D eigenvalue weighted by Crippen LogP contribution is 2.27. The van der Waals surface area contributed by atoms with Gasteiger partial charge in [0.25, 0.3) is 0 Å². The van der Waals surface area contributed by atoms with Gasteiger partial charge in [-0.2, -0.15) is 0 Å². The molecule has 1 aromatic rings. The first-order valence-corrected chi connectivity index (χ1v) is 4.76. The molecule has 0 amide bonds. The molecule has 90 valence electrons. The lowest BCUT2D eigenvalue weighted by Gasteiger charge is -2.13. The number of aromatic hydroxyl groups is 1. The number of aryl methyl sites for hydroxylation is 1. The molecular formula is C11H16ClNO3. The van der Waals surface area contributed by atoms with Gasteiger partial charge in [0, 0.05) is 5.56 Å². The van der Waals surface area contributed by atoms with E-state index in [4.69, 9.17) is 5.73 Å². The molecule has 0 aromatic heterocycles. The number of halogens is 1. The van der Waals surface area contributed by atoms with E-state index in [1.807, 2.05) is 6.92 Å². The second-order valence-electron chi connectivity index (χ2n) is 3.21. The van der Waals surface area contributed by atoms with Crippen LogP contribution in [0.15, 0.2) is 18.2 Å². The first-order chi connectivity index (χ1) is 7.11. The van der Waals surface area contributed by atoms with Crippen molar-refractivity contribution < 1.29 is 14.6 Å². The maximum atomic E-state index is 11.2. The monoisotopic (exact) mass is 245 g/mol. The summed E-state index contributed by atoms with van der Waals surface area (Å²) in [6.45, 7) is 1.92. The molecule has 1 aromatic carbocycles. The van der Waals surface area contributed by atoms with Crippen LogP contribution in [-0.4, -0.2) is 18.2 Å². The largest absolute Gasteiger partial charge is 0.507 e. The topological polar surface area (TPSA) is 72.6 Å². The number of rotatable bonds is 3. The van der Waals surface area contributed by atoms with Crippen LogP contribution in [0.4, 0.5) is 0 Å². The van der Waals surface area contributed by atoms with Gasteiger partial charge in [-0.25, -0.2) is 0 Å². The fraction of sp³-hybridized carbons (Fsp3) is 0.364. The minimum Gasteiger partial charge on any atom is -0.507 e. The lowest BCUT2D eigenvalue weighted by Crippen LogP contribution is -2.22. The summed E-state index contributed by atoms with van der Waals surface area (Å²) >= 11 is 0. The zero-order valence-electron chi connectivity index (χ0n) is 9.27. The molecule has 0 fully saturated rings. The predicted molar refractivity (Wildman–Crippen MR) is 63.7 cm³/mol. The molecule has 1 atom stereocenters. The quantitative estimate of drug-likeness (QED) is 0.793. The van der Waals surface area contributed by atoms with Gasteiger partial charge in [0.1, 0.15) is 11.8 Å². The Morgan fingerprint density at radius 1 is 1.56 bits per heavy atom. The molecule has 0 saturated heterocycles. The number of methoxy groups -OCH3 is 1. The molecule has 3 N–H and O–H groups in total. The summed E-state index contributed by atoms with van der Waals surface area (Å²) in [4.78, 5) is 11.2. The molecule has 0 bridgehead atoms. The molecule has 4 nitrogen and oxygen atoms in total. The molecule has 1 rings (SSSR count). The van der Waals surface area contributed by atoms with Crippen LogP contribution in [0, 0.1) is 0 Å². The Morgan fingerprint density at radius 3 is 2.69 bits per heavy atom. The van der Waals surface area contributed by atoms with Gasteiger partial charge >= 0.3 is 5.97 Å². The number of phenols is 1. The molecule has 0 unspecified atom stereocenters. The Labute approximate surface area is 101 Å². The van der Waals surface area contributed by atoms with Gasteiger partial charge in [-0.3, -0.25) is 4.79 Å². The summed E-state index contributed by atoms with van der Waals surface area (Å²) in [5, 5.41) is 9.82. The van der Waals surface area contributed by atoms with Crippen LogP contribution in [-0.2, 0) is 16.0 Å². The second-order valence-corrected chi connectivity index (χ2v) is 3.21. The summed E-state index contributed by atoms with van der Waals surface area (Å²) in [5.41, 5.74) is 6.81. The third kappa shape index (κ3) is 2.87. The average Bonchev–Trinajstić information content (AvgIpc) is 2.27. The summed E-state index contributed by atoms with van der Waals surface area (Å²) in [7, 11) is 1.27. The van der Waals surface area contributed by atoms with Crippen molar-refractivity contribution in [2.75, 3.05) is 7.11 Å². The van der Waals surface area contributed by atoms with Crippen LogP contribution in [0.25, 0.3) is 0 Å². The molecule has 0 radical (unpaired) electrons. The van der Waals surface area contributed by atoms with Crippen molar-refractivity contribution in [1.82, 2.24) is 0 Å². The van der Waals surface area contributed by atoms with Gasteiger partial charge in [0.15, 0.2) is 0 Å². The van der Waals surface area contributed by atoms with Crippen molar-refractivity contribution >= 4 is 18.4 Å². The van der Waals surface area contributed by atoms with E-state index in [1.165, 1.54) is 7.11 Å². The standard InChI is InChI=1S/C11H15NO3.ClH/c1-3-7-5-4-6-8(10(7)13)9(12)11(14)15-2;/h4-6,9,13H,3,12H2,1-2H3;1H/t9-;/m1./s1. The molecular weight excluding hydrogens is 230 g/mol. The highest BCUT2D eigenvalue weighted by molar-refractivity contribution is 5.85. The summed E-state index contributed by atoms with van der Waals surface area (Å²) in [6.07, 6.45) is 0.688. The maximum absolute atomic E-state index is 11.2. The minimum absolute atomic E-state index is 0. The van der Waals surface area contributed by atoms with Crippen LogP contribution < -0.4 is 5.73 Å². The Bertz CT molecular complexity index is 368. The van der Waals surface area contributed by atoms with E-state index in [0.717, 1.165) is 5.56 Å². The molecule has 0 heterocycles. The Kier molecular flexibility index (Phi) is 5.85.